The molecule has 2 heterocycles. The van der Waals surface area contributed by atoms with Crippen molar-refractivity contribution >= 4 is 92.1 Å². The average Bonchev–Trinajstić information content (AvgIpc) is 3.89. The van der Waals surface area contributed by atoms with E-state index in [9.17, 15) is 0 Å². The summed E-state index contributed by atoms with van der Waals surface area (Å²) in [6.07, 6.45) is 0. The van der Waals surface area contributed by atoms with Crippen LogP contribution in [-0.4, -0.2) is 0 Å². The normalized spacial score (nSPS) is 11.7. The van der Waals surface area contributed by atoms with Crippen molar-refractivity contribution in [3.8, 4) is 33.4 Å². The zero-order valence-electron chi connectivity index (χ0n) is 32.0. The van der Waals surface area contributed by atoms with Gasteiger partial charge in [-0.05, 0) is 92.5 Å². The van der Waals surface area contributed by atoms with E-state index in [2.05, 4.69) is 217 Å². The smallest absolute Gasteiger partial charge is 0.144 e. The van der Waals surface area contributed by atoms with Crippen molar-refractivity contribution in [1.82, 2.24) is 0 Å². The predicted molar refractivity (Wildman–Crippen MR) is 253 cm³/mol. The van der Waals surface area contributed by atoms with Gasteiger partial charge in [-0.15, -0.1) is 11.3 Å². The monoisotopic (exact) mass is 769 g/mol. The Morgan fingerprint density at radius 2 is 0.915 bits per heavy atom. The van der Waals surface area contributed by atoms with Crippen molar-refractivity contribution in [2.24, 2.45) is 0 Å². The number of nitrogens with zero attached hydrogens (tertiary/aromatic N) is 1. The number of thiophene rings is 1. The number of benzene rings is 10. The molecular formula is C56H35NOS. The van der Waals surface area contributed by atoms with Gasteiger partial charge >= 0.3 is 0 Å². The molecule has 59 heavy (non-hydrogen) atoms. The van der Waals surface area contributed by atoms with E-state index in [0.717, 1.165) is 55.5 Å². The molecule has 0 bridgehead atoms. The maximum Gasteiger partial charge on any atom is 0.144 e. The van der Waals surface area contributed by atoms with Gasteiger partial charge in [0.1, 0.15) is 11.2 Å². The summed E-state index contributed by atoms with van der Waals surface area (Å²) >= 11 is 1.82. The van der Waals surface area contributed by atoms with Crippen LogP contribution in [0.25, 0.3) is 97.0 Å². The van der Waals surface area contributed by atoms with Crippen molar-refractivity contribution in [1.29, 1.82) is 0 Å². The van der Waals surface area contributed by atoms with Gasteiger partial charge in [0, 0.05) is 53.3 Å². The fourth-order valence-electron chi connectivity index (χ4n) is 9.12. The van der Waals surface area contributed by atoms with Crippen LogP contribution >= 0.6 is 11.3 Å². The summed E-state index contributed by atoms with van der Waals surface area (Å²) in [7, 11) is 0. The summed E-state index contributed by atoms with van der Waals surface area (Å²) < 4.78 is 9.53. The first-order valence-electron chi connectivity index (χ1n) is 20.1. The van der Waals surface area contributed by atoms with Gasteiger partial charge < -0.3 is 9.32 Å². The van der Waals surface area contributed by atoms with Crippen molar-refractivity contribution in [2.45, 2.75) is 0 Å². The number of para-hydroxylation sites is 1. The number of anilines is 3. The molecule has 2 aromatic heterocycles. The van der Waals surface area contributed by atoms with E-state index in [1.165, 1.54) is 58.6 Å². The van der Waals surface area contributed by atoms with Crippen LogP contribution in [0.1, 0.15) is 0 Å². The van der Waals surface area contributed by atoms with Crippen molar-refractivity contribution in [3.63, 3.8) is 0 Å². The highest BCUT2D eigenvalue weighted by molar-refractivity contribution is 7.26. The van der Waals surface area contributed by atoms with E-state index in [0.29, 0.717) is 0 Å². The summed E-state index contributed by atoms with van der Waals surface area (Å²) in [6.45, 7) is 0. The molecule has 0 unspecified atom stereocenters. The largest absolute Gasteiger partial charge is 0.455 e. The lowest BCUT2D eigenvalue weighted by atomic mass is 9.94. The van der Waals surface area contributed by atoms with Gasteiger partial charge in [-0.3, -0.25) is 0 Å². The molecule has 0 aliphatic rings. The molecule has 0 amide bonds. The Bertz CT molecular complexity index is 3540. The summed E-state index contributed by atoms with van der Waals surface area (Å²) in [6, 6.07) is 76.8. The van der Waals surface area contributed by atoms with Crippen molar-refractivity contribution in [2.75, 3.05) is 4.90 Å². The zero-order valence-corrected chi connectivity index (χ0v) is 32.8. The van der Waals surface area contributed by atoms with Gasteiger partial charge in [-0.1, -0.05) is 164 Å². The molecule has 0 saturated carbocycles. The number of hydrogen-bond donors (Lipinski definition) is 0. The van der Waals surface area contributed by atoms with E-state index in [1.807, 2.05) is 11.3 Å². The molecule has 0 saturated heterocycles. The molecule has 0 N–H and O–H groups in total. The van der Waals surface area contributed by atoms with E-state index in [4.69, 9.17) is 4.42 Å². The molecule has 2 nitrogen and oxygen atoms in total. The second-order valence-electron chi connectivity index (χ2n) is 15.2. The van der Waals surface area contributed by atoms with Gasteiger partial charge in [-0.2, -0.15) is 0 Å². The Kier molecular flexibility index (Phi) is 7.75. The van der Waals surface area contributed by atoms with Gasteiger partial charge in [0.05, 0.1) is 5.69 Å². The summed E-state index contributed by atoms with van der Waals surface area (Å²) in [5.41, 5.74) is 12.2. The molecule has 0 radical (unpaired) electrons. The lowest BCUT2D eigenvalue weighted by Crippen LogP contribution is -2.10. The maximum absolute atomic E-state index is 7.00. The van der Waals surface area contributed by atoms with Crippen LogP contribution < -0.4 is 4.90 Å². The topological polar surface area (TPSA) is 16.4 Å². The highest BCUT2D eigenvalue weighted by atomic mass is 32.1. The first-order chi connectivity index (χ1) is 29.3. The fourth-order valence-corrected chi connectivity index (χ4v) is 10.2. The van der Waals surface area contributed by atoms with Crippen LogP contribution in [0.3, 0.4) is 0 Å². The number of rotatable bonds is 6. The average molecular weight is 770 g/mol. The summed E-state index contributed by atoms with van der Waals surface area (Å²) in [5, 5.41) is 9.56. The maximum atomic E-state index is 7.00. The third-order valence-corrected chi connectivity index (χ3v) is 13.0. The Hall–Kier alpha value is -7.46. The molecule has 0 fully saturated rings. The first kappa shape index (κ1) is 33.7. The molecular weight excluding hydrogens is 735 g/mol. The van der Waals surface area contributed by atoms with E-state index < -0.39 is 0 Å². The van der Waals surface area contributed by atoms with Crippen LogP contribution in [0.15, 0.2) is 217 Å². The second kappa shape index (κ2) is 13.6. The number of fused-ring (bicyclic) bond motifs is 9. The fraction of sp³-hybridized carbons (Fsp3) is 0. The minimum absolute atomic E-state index is 0.917. The molecule has 3 heteroatoms. The van der Waals surface area contributed by atoms with Crippen LogP contribution in [-0.2, 0) is 0 Å². The van der Waals surface area contributed by atoms with Gasteiger partial charge in [0.15, 0.2) is 0 Å². The van der Waals surface area contributed by atoms with Gasteiger partial charge in [0.2, 0.25) is 0 Å². The van der Waals surface area contributed by atoms with Crippen LogP contribution in [0.5, 0.6) is 0 Å². The Labute approximate surface area is 345 Å². The minimum atomic E-state index is 0.917. The van der Waals surface area contributed by atoms with Crippen LogP contribution in [0.4, 0.5) is 17.1 Å². The van der Waals surface area contributed by atoms with Crippen molar-refractivity contribution in [3.05, 3.63) is 212 Å². The first-order valence-corrected chi connectivity index (χ1v) is 20.9. The quantitative estimate of drug-likeness (QED) is 0.167. The Morgan fingerprint density at radius 1 is 0.322 bits per heavy atom. The second-order valence-corrected chi connectivity index (χ2v) is 16.3. The van der Waals surface area contributed by atoms with Gasteiger partial charge in [0.25, 0.3) is 0 Å². The zero-order chi connectivity index (χ0) is 38.9. The number of furan rings is 1. The molecule has 0 aliphatic carbocycles. The summed E-state index contributed by atoms with van der Waals surface area (Å²) in [5.74, 6) is 0. The molecule has 12 rings (SSSR count). The minimum Gasteiger partial charge on any atom is -0.455 e. The van der Waals surface area contributed by atoms with Crippen LogP contribution in [0, 0.1) is 0 Å². The highest BCUT2D eigenvalue weighted by Crippen LogP contribution is 2.47. The van der Waals surface area contributed by atoms with E-state index in [1.54, 1.807) is 0 Å². The standard InChI is InChI=1S/C56H35NOS/c1-2-12-36(13-3-1)37-24-28-40(29-25-37)57(41-30-26-39(27-31-41)43-20-10-15-38-14-4-5-16-42(38)43)51-34-32-45(44-17-6-7-18-46(44)51)47-21-11-22-48-49-33-35-53-54(56(49)58-55(47)48)50-19-8-9-23-52(50)59-53/h1-35H. The van der Waals surface area contributed by atoms with Gasteiger partial charge in [-0.25, -0.2) is 0 Å². The third kappa shape index (κ3) is 5.47. The molecule has 276 valence electrons. The Morgan fingerprint density at radius 3 is 1.73 bits per heavy atom. The van der Waals surface area contributed by atoms with E-state index in [-0.39, 0.29) is 0 Å². The number of hydrogen-bond acceptors (Lipinski definition) is 3. The highest BCUT2D eigenvalue weighted by Gasteiger charge is 2.21. The molecule has 0 aliphatic heterocycles. The molecule has 12 aromatic rings. The predicted octanol–water partition coefficient (Wildman–Crippen LogP) is 16.7. The molecule has 0 spiro atoms. The van der Waals surface area contributed by atoms with E-state index >= 15 is 0 Å². The molecule has 10 aromatic carbocycles. The van der Waals surface area contributed by atoms with Crippen LogP contribution in [0.2, 0.25) is 0 Å². The van der Waals surface area contributed by atoms with Crippen molar-refractivity contribution < 1.29 is 4.42 Å². The molecule has 0 atom stereocenters. The summed E-state index contributed by atoms with van der Waals surface area (Å²) in [4.78, 5) is 2.40. The lowest BCUT2D eigenvalue weighted by Gasteiger charge is -2.28. The Balaban J connectivity index is 1.03. The lowest BCUT2D eigenvalue weighted by molar-refractivity contribution is 0.674. The third-order valence-electron chi connectivity index (χ3n) is 11.9. The SMILES string of the molecule is c1ccc(-c2ccc(N(c3ccc(-c4cccc5ccccc45)cc3)c3ccc(-c4cccc5c4oc4c5ccc5sc6ccccc6c54)c4ccccc34)cc2)cc1.